The molecule has 0 saturated carbocycles. The molecule has 2 aromatic rings. The van der Waals surface area contributed by atoms with Crippen molar-refractivity contribution >= 4 is 23.2 Å². The number of amides is 2. The van der Waals surface area contributed by atoms with Gasteiger partial charge in [-0.1, -0.05) is 0 Å². The van der Waals surface area contributed by atoms with Gasteiger partial charge in [0.1, 0.15) is 6.04 Å². The van der Waals surface area contributed by atoms with Gasteiger partial charge in [0.25, 0.3) is 0 Å². The standard InChI is InChI=1S/C20H27N5O2/c1-16(25-14-6-11-21-25)20(27)23(2)15-19(26)22-17-7-9-18(10-8-17)24-12-4-3-5-13-24/h6-11,14,16H,3-5,12-13,15H2,1-2H3,(H,22,26). The molecule has 2 amide bonds. The van der Waals surface area contributed by atoms with Gasteiger partial charge in [-0.2, -0.15) is 5.10 Å². The van der Waals surface area contributed by atoms with Crippen LogP contribution in [-0.4, -0.2) is 53.2 Å². The molecule has 2 heterocycles. The van der Waals surface area contributed by atoms with E-state index in [0.29, 0.717) is 0 Å². The molecule has 0 bridgehead atoms. The number of nitrogens with zero attached hydrogens (tertiary/aromatic N) is 4. The Balaban J connectivity index is 1.51. The van der Waals surface area contributed by atoms with Crippen molar-refractivity contribution in [2.24, 2.45) is 0 Å². The maximum absolute atomic E-state index is 12.4. The van der Waals surface area contributed by atoms with Crippen LogP contribution in [0.4, 0.5) is 11.4 Å². The molecule has 1 fully saturated rings. The number of hydrogen-bond acceptors (Lipinski definition) is 4. The molecule has 7 nitrogen and oxygen atoms in total. The molecule has 1 saturated heterocycles. The summed E-state index contributed by atoms with van der Waals surface area (Å²) >= 11 is 0. The molecule has 27 heavy (non-hydrogen) atoms. The van der Waals surface area contributed by atoms with E-state index in [1.807, 2.05) is 24.3 Å². The van der Waals surface area contributed by atoms with Crippen molar-refractivity contribution in [2.45, 2.75) is 32.2 Å². The van der Waals surface area contributed by atoms with Crippen LogP contribution in [0.5, 0.6) is 0 Å². The number of carbonyl (C=O) groups excluding carboxylic acids is 2. The van der Waals surface area contributed by atoms with E-state index in [-0.39, 0.29) is 18.4 Å². The number of piperidine rings is 1. The topological polar surface area (TPSA) is 70.5 Å². The summed E-state index contributed by atoms with van der Waals surface area (Å²) in [5.41, 5.74) is 1.93. The molecule has 1 aromatic heterocycles. The van der Waals surface area contributed by atoms with E-state index in [4.69, 9.17) is 0 Å². The molecule has 3 rings (SSSR count). The Morgan fingerprint density at radius 1 is 1.19 bits per heavy atom. The number of nitrogens with one attached hydrogen (secondary N) is 1. The third-order valence-electron chi connectivity index (χ3n) is 4.91. The first kappa shape index (κ1) is 18.9. The number of likely N-dealkylation sites (N-methyl/N-ethyl adjacent to an activating group) is 1. The van der Waals surface area contributed by atoms with E-state index in [9.17, 15) is 9.59 Å². The molecular weight excluding hydrogens is 342 g/mol. The number of anilines is 2. The van der Waals surface area contributed by atoms with Gasteiger partial charge in [0, 0.05) is 43.9 Å². The molecule has 0 radical (unpaired) electrons. The summed E-state index contributed by atoms with van der Waals surface area (Å²) in [4.78, 5) is 28.5. The van der Waals surface area contributed by atoms with E-state index in [1.54, 1.807) is 37.1 Å². The highest BCUT2D eigenvalue weighted by Gasteiger charge is 2.21. The molecule has 1 unspecified atom stereocenters. The minimum atomic E-state index is -0.443. The zero-order valence-electron chi connectivity index (χ0n) is 16.0. The summed E-state index contributed by atoms with van der Waals surface area (Å²) in [7, 11) is 1.63. The lowest BCUT2D eigenvalue weighted by Crippen LogP contribution is -2.38. The van der Waals surface area contributed by atoms with Crippen LogP contribution >= 0.6 is 0 Å². The normalized spacial score (nSPS) is 15.3. The highest BCUT2D eigenvalue weighted by molar-refractivity contribution is 5.95. The van der Waals surface area contributed by atoms with E-state index in [0.717, 1.165) is 18.8 Å². The third kappa shape index (κ3) is 4.87. The first-order valence-electron chi connectivity index (χ1n) is 9.43. The van der Waals surface area contributed by atoms with Crippen LogP contribution in [-0.2, 0) is 9.59 Å². The first-order chi connectivity index (χ1) is 13.0. The van der Waals surface area contributed by atoms with Gasteiger partial charge in [-0.05, 0) is 56.5 Å². The molecule has 1 N–H and O–H groups in total. The van der Waals surface area contributed by atoms with Crippen LogP contribution in [0, 0.1) is 0 Å². The highest BCUT2D eigenvalue weighted by atomic mass is 16.2. The second-order valence-electron chi connectivity index (χ2n) is 7.00. The Bertz CT molecular complexity index is 751. The minimum absolute atomic E-state index is 0.00167. The summed E-state index contributed by atoms with van der Waals surface area (Å²) in [6.07, 6.45) is 7.13. The summed E-state index contributed by atoms with van der Waals surface area (Å²) in [5.74, 6) is -0.376. The smallest absolute Gasteiger partial charge is 0.247 e. The van der Waals surface area contributed by atoms with Gasteiger partial charge < -0.3 is 15.1 Å². The van der Waals surface area contributed by atoms with Gasteiger partial charge in [-0.15, -0.1) is 0 Å². The Hall–Kier alpha value is -2.83. The average Bonchev–Trinajstić information content (AvgIpc) is 3.22. The SMILES string of the molecule is CC(C(=O)N(C)CC(=O)Nc1ccc(N2CCCCC2)cc1)n1cccn1. The van der Waals surface area contributed by atoms with Crippen molar-refractivity contribution < 1.29 is 9.59 Å². The summed E-state index contributed by atoms with van der Waals surface area (Å²) in [5, 5.41) is 6.94. The molecule has 1 aliphatic heterocycles. The fraction of sp³-hybridized carbons (Fsp3) is 0.450. The fourth-order valence-corrected chi connectivity index (χ4v) is 3.34. The van der Waals surface area contributed by atoms with Crippen LogP contribution < -0.4 is 10.2 Å². The number of aromatic nitrogens is 2. The van der Waals surface area contributed by atoms with Crippen molar-refractivity contribution in [3.8, 4) is 0 Å². The van der Waals surface area contributed by atoms with Crippen molar-refractivity contribution in [3.05, 3.63) is 42.7 Å². The Labute approximate surface area is 159 Å². The Morgan fingerprint density at radius 3 is 2.52 bits per heavy atom. The predicted molar refractivity (Wildman–Crippen MR) is 106 cm³/mol. The van der Waals surface area contributed by atoms with Gasteiger partial charge in [0.2, 0.25) is 11.8 Å². The van der Waals surface area contributed by atoms with Crippen molar-refractivity contribution in [1.29, 1.82) is 0 Å². The van der Waals surface area contributed by atoms with E-state index in [2.05, 4.69) is 15.3 Å². The number of carbonyl (C=O) groups is 2. The summed E-state index contributed by atoms with van der Waals surface area (Å²) in [6.45, 7) is 3.95. The first-order valence-corrected chi connectivity index (χ1v) is 9.43. The van der Waals surface area contributed by atoms with Gasteiger partial charge in [-0.25, -0.2) is 0 Å². The monoisotopic (exact) mass is 369 g/mol. The second kappa shape index (κ2) is 8.70. The maximum atomic E-state index is 12.4. The molecule has 1 aromatic carbocycles. The van der Waals surface area contributed by atoms with Crippen LogP contribution in [0.1, 0.15) is 32.2 Å². The lowest BCUT2D eigenvalue weighted by Gasteiger charge is -2.28. The fourth-order valence-electron chi connectivity index (χ4n) is 3.34. The second-order valence-corrected chi connectivity index (χ2v) is 7.00. The molecule has 0 spiro atoms. The number of hydrogen-bond donors (Lipinski definition) is 1. The zero-order chi connectivity index (χ0) is 19.2. The summed E-state index contributed by atoms with van der Waals surface area (Å²) < 4.78 is 1.58. The van der Waals surface area contributed by atoms with Crippen LogP contribution in [0.15, 0.2) is 42.7 Å². The number of benzene rings is 1. The van der Waals surface area contributed by atoms with Gasteiger partial charge >= 0.3 is 0 Å². The number of rotatable bonds is 6. The van der Waals surface area contributed by atoms with Crippen LogP contribution in [0.3, 0.4) is 0 Å². The van der Waals surface area contributed by atoms with E-state index >= 15 is 0 Å². The Kier molecular flexibility index (Phi) is 6.11. The quantitative estimate of drug-likeness (QED) is 0.849. The minimum Gasteiger partial charge on any atom is -0.372 e. The molecular formula is C20H27N5O2. The lowest BCUT2D eigenvalue weighted by molar-refractivity contribution is -0.136. The van der Waals surface area contributed by atoms with Crippen LogP contribution in [0.2, 0.25) is 0 Å². The van der Waals surface area contributed by atoms with Gasteiger partial charge in [0.15, 0.2) is 0 Å². The third-order valence-corrected chi connectivity index (χ3v) is 4.91. The zero-order valence-corrected chi connectivity index (χ0v) is 16.0. The summed E-state index contributed by atoms with van der Waals surface area (Å²) in [6, 6.07) is 9.22. The molecule has 0 aliphatic carbocycles. The molecule has 1 atom stereocenters. The molecule has 144 valence electrons. The maximum Gasteiger partial charge on any atom is 0.247 e. The molecule has 1 aliphatic rings. The largest absolute Gasteiger partial charge is 0.372 e. The molecule has 7 heteroatoms. The van der Waals surface area contributed by atoms with Crippen molar-refractivity contribution in [1.82, 2.24) is 14.7 Å². The van der Waals surface area contributed by atoms with Gasteiger partial charge in [0.05, 0.1) is 6.54 Å². The van der Waals surface area contributed by atoms with E-state index < -0.39 is 6.04 Å². The van der Waals surface area contributed by atoms with Crippen LogP contribution in [0.25, 0.3) is 0 Å². The highest BCUT2D eigenvalue weighted by Crippen LogP contribution is 2.21. The van der Waals surface area contributed by atoms with E-state index in [1.165, 1.54) is 29.8 Å². The average molecular weight is 369 g/mol. The van der Waals surface area contributed by atoms with Crippen molar-refractivity contribution in [3.63, 3.8) is 0 Å². The predicted octanol–water partition coefficient (Wildman–Crippen LogP) is 2.53. The Morgan fingerprint density at radius 2 is 1.89 bits per heavy atom. The van der Waals surface area contributed by atoms with Gasteiger partial charge in [-0.3, -0.25) is 14.3 Å². The van der Waals surface area contributed by atoms with Crippen molar-refractivity contribution in [2.75, 3.05) is 36.9 Å². The lowest BCUT2D eigenvalue weighted by atomic mass is 10.1.